The van der Waals surface area contributed by atoms with Crippen LogP contribution in [-0.2, 0) is 9.59 Å². The molecular weight excluding hydrogens is 496 g/mol. The number of carbonyl (C=O) groups is 3. The molecule has 0 radical (unpaired) electrons. The van der Waals surface area contributed by atoms with Crippen LogP contribution in [0, 0.1) is 0 Å². The van der Waals surface area contributed by atoms with Crippen LogP contribution in [0.2, 0.25) is 0 Å². The molecule has 5 N–H and O–H groups in total. The van der Waals surface area contributed by atoms with Gasteiger partial charge in [0.15, 0.2) is 18.1 Å². The van der Waals surface area contributed by atoms with E-state index in [2.05, 4.69) is 31.9 Å². The van der Waals surface area contributed by atoms with Crippen molar-refractivity contribution in [3.05, 3.63) is 57.7 Å². The Morgan fingerprint density at radius 2 is 1.85 bits per heavy atom. The first-order valence-electron chi connectivity index (χ1n) is 9.76. The lowest BCUT2D eigenvalue weighted by Gasteiger charge is -2.29. The van der Waals surface area contributed by atoms with Gasteiger partial charge in [0.1, 0.15) is 5.75 Å². The van der Waals surface area contributed by atoms with Crippen LogP contribution in [0.1, 0.15) is 18.5 Å². The highest BCUT2D eigenvalue weighted by atomic mass is 79.9. The Balaban J connectivity index is 2.00. The van der Waals surface area contributed by atoms with Gasteiger partial charge in [0, 0.05) is 5.70 Å². The summed E-state index contributed by atoms with van der Waals surface area (Å²) in [5, 5.41) is 8.23. The van der Waals surface area contributed by atoms with Crippen LogP contribution in [0.4, 0.5) is 10.5 Å². The molecule has 1 aliphatic rings. The molecule has 1 atom stereocenters. The zero-order valence-electron chi connectivity index (χ0n) is 18.2. The summed E-state index contributed by atoms with van der Waals surface area (Å²) in [7, 11) is 2.94. The van der Waals surface area contributed by atoms with Crippen molar-refractivity contribution in [2.45, 2.75) is 13.0 Å². The summed E-state index contributed by atoms with van der Waals surface area (Å²) in [4.78, 5) is 36.6. The van der Waals surface area contributed by atoms with Crippen LogP contribution in [0.3, 0.4) is 0 Å². The standard InChI is InChI=1S/C22H23BrN4O6/c1-11-18(21(29)26-14-6-4-5-7-15(14)31-2)19(27-22(30)25-11)12-8-13(23)20(16(9-12)32-3)33-10-17(24)28/h4-9,19H,10H2,1-3H3,(H2,24,28)(H,26,29)(H2,25,27,30). The van der Waals surface area contributed by atoms with Gasteiger partial charge in [-0.05, 0) is 52.7 Å². The van der Waals surface area contributed by atoms with Gasteiger partial charge in [0.05, 0.1) is 36.0 Å². The molecular formula is C22H23BrN4O6. The minimum atomic E-state index is -0.802. The molecule has 0 fully saturated rings. The summed E-state index contributed by atoms with van der Waals surface area (Å²) in [6.07, 6.45) is 0. The van der Waals surface area contributed by atoms with E-state index in [1.165, 1.54) is 14.2 Å². The second kappa shape index (κ2) is 10.3. The quantitative estimate of drug-likeness (QED) is 0.423. The molecule has 0 aromatic heterocycles. The van der Waals surface area contributed by atoms with Crippen LogP contribution in [0.25, 0.3) is 0 Å². The first-order chi connectivity index (χ1) is 15.7. The Bertz CT molecular complexity index is 1130. The predicted octanol–water partition coefficient (Wildman–Crippen LogP) is 2.60. The van der Waals surface area contributed by atoms with Gasteiger partial charge in [-0.25, -0.2) is 4.79 Å². The van der Waals surface area contributed by atoms with E-state index in [1.807, 2.05) is 0 Å². The Kier molecular flexibility index (Phi) is 7.44. The number of hydrogen-bond acceptors (Lipinski definition) is 6. The van der Waals surface area contributed by atoms with E-state index >= 15 is 0 Å². The van der Waals surface area contributed by atoms with Gasteiger partial charge < -0.3 is 35.9 Å². The number of nitrogens with one attached hydrogen (secondary N) is 3. The first-order valence-corrected chi connectivity index (χ1v) is 10.6. The van der Waals surface area contributed by atoms with Crippen molar-refractivity contribution in [2.24, 2.45) is 5.73 Å². The van der Waals surface area contributed by atoms with E-state index in [1.54, 1.807) is 43.3 Å². The Morgan fingerprint density at radius 3 is 2.52 bits per heavy atom. The van der Waals surface area contributed by atoms with Gasteiger partial charge in [-0.1, -0.05) is 12.1 Å². The van der Waals surface area contributed by atoms with Crippen molar-refractivity contribution >= 4 is 39.5 Å². The summed E-state index contributed by atoms with van der Waals surface area (Å²) in [6.45, 7) is 1.30. The zero-order chi connectivity index (χ0) is 24.1. The normalized spacial score (nSPS) is 15.3. The van der Waals surface area contributed by atoms with Crippen LogP contribution in [0.15, 0.2) is 52.1 Å². The number of anilines is 1. The number of rotatable bonds is 8. The number of nitrogens with two attached hydrogens (primary N) is 1. The number of hydrogen-bond donors (Lipinski definition) is 4. The maximum absolute atomic E-state index is 13.3. The minimum Gasteiger partial charge on any atom is -0.495 e. The Labute approximate surface area is 198 Å². The molecule has 0 saturated heterocycles. The summed E-state index contributed by atoms with van der Waals surface area (Å²) >= 11 is 3.40. The van der Waals surface area contributed by atoms with Crippen molar-refractivity contribution in [1.82, 2.24) is 10.6 Å². The first kappa shape index (κ1) is 23.9. The lowest BCUT2D eigenvalue weighted by Crippen LogP contribution is -2.46. The predicted molar refractivity (Wildman–Crippen MR) is 124 cm³/mol. The van der Waals surface area contributed by atoms with Crippen molar-refractivity contribution < 1.29 is 28.6 Å². The number of ether oxygens (including phenoxy) is 3. The van der Waals surface area contributed by atoms with E-state index < -0.39 is 23.9 Å². The highest BCUT2D eigenvalue weighted by Gasteiger charge is 2.32. The number of urea groups is 1. The second-order valence-electron chi connectivity index (χ2n) is 7.01. The fourth-order valence-corrected chi connectivity index (χ4v) is 3.95. The topological polar surface area (TPSA) is 141 Å². The molecule has 11 heteroatoms. The van der Waals surface area contributed by atoms with E-state index in [0.717, 1.165) is 0 Å². The minimum absolute atomic E-state index is 0.265. The number of benzene rings is 2. The van der Waals surface area contributed by atoms with Gasteiger partial charge in [0.25, 0.3) is 11.8 Å². The molecule has 0 spiro atoms. The van der Waals surface area contributed by atoms with Crippen LogP contribution < -0.4 is 35.9 Å². The maximum Gasteiger partial charge on any atom is 0.319 e. The van der Waals surface area contributed by atoms with Crippen molar-refractivity contribution in [1.29, 1.82) is 0 Å². The van der Waals surface area contributed by atoms with E-state index in [4.69, 9.17) is 19.9 Å². The summed E-state index contributed by atoms with van der Waals surface area (Å²) in [5.74, 6) is -0.0310. The van der Waals surface area contributed by atoms with Crippen LogP contribution in [0.5, 0.6) is 17.2 Å². The van der Waals surface area contributed by atoms with Gasteiger partial charge in [0.2, 0.25) is 0 Å². The molecule has 0 saturated carbocycles. The van der Waals surface area contributed by atoms with Gasteiger partial charge in [-0.3, -0.25) is 9.59 Å². The average molecular weight is 519 g/mol. The number of halogens is 1. The number of primary amides is 1. The molecule has 2 aromatic rings. The molecule has 0 bridgehead atoms. The molecule has 2 aromatic carbocycles. The smallest absolute Gasteiger partial charge is 0.319 e. The molecule has 3 rings (SSSR count). The maximum atomic E-state index is 13.3. The Morgan fingerprint density at radius 1 is 1.15 bits per heavy atom. The van der Waals surface area contributed by atoms with E-state index in [0.29, 0.717) is 32.7 Å². The van der Waals surface area contributed by atoms with Crippen LogP contribution in [-0.4, -0.2) is 38.7 Å². The van der Waals surface area contributed by atoms with Crippen molar-refractivity contribution in [3.8, 4) is 17.2 Å². The average Bonchev–Trinajstić information content (AvgIpc) is 2.77. The van der Waals surface area contributed by atoms with E-state index in [-0.39, 0.29) is 18.1 Å². The fourth-order valence-electron chi connectivity index (χ4n) is 3.37. The summed E-state index contributed by atoms with van der Waals surface area (Å²) < 4.78 is 16.6. The van der Waals surface area contributed by atoms with Gasteiger partial charge in [-0.2, -0.15) is 0 Å². The zero-order valence-corrected chi connectivity index (χ0v) is 19.7. The fraction of sp³-hybridized carbons (Fsp3) is 0.227. The number of para-hydroxylation sites is 2. The third kappa shape index (κ3) is 5.37. The van der Waals surface area contributed by atoms with Gasteiger partial charge >= 0.3 is 6.03 Å². The molecule has 1 aliphatic heterocycles. The van der Waals surface area contributed by atoms with E-state index in [9.17, 15) is 14.4 Å². The number of allylic oxidation sites excluding steroid dienone is 1. The lowest BCUT2D eigenvalue weighted by atomic mass is 9.94. The molecule has 174 valence electrons. The Hall–Kier alpha value is -3.73. The summed E-state index contributed by atoms with van der Waals surface area (Å²) in [5.41, 5.74) is 6.87. The molecule has 1 unspecified atom stereocenters. The highest BCUT2D eigenvalue weighted by molar-refractivity contribution is 9.10. The number of methoxy groups -OCH3 is 2. The third-order valence-electron chi connectivity index (χ3n) is 4.81. The van der Waals surface area contributed by atoms with Gasteiger partial charge in [-0.15, -0.1) is 0 Å². The lowest BCUT2D eigenvalue weighted by molar-refractivity contribution is -0.120. The number of carbonyl (C=O) groups excluding carboxylic acids is 3. The number of amides is 4. The molecule has 0 aliphatic carbocycles. The highest BCUT2D eigenvalue weighted by Crippen LogP contribution is 2.40. The summed E-state index contributed by atoms with van der Waals surface area (Å²) in [6, 6.07) is 9.00. The largest absolute Gasteiger partial charge is 0.495 e. The second-order valence-corrected chi connectivity index (χ2v) is 7.87. The molecule has 33 heavy (non-hydrogen) atoms. The molecule has 4 amide bonds. The SMILES string of the molecule is COc1ccccc1NC(=O)C1=C(C)NC(=O)NC1c1cc(Br)c(OCC(N)=O)c(OC)c1. The molecule has 1 heterocycles. The monoisotopic (exact) mass is 518 g/mol. The third-order valence-corrected chi connectivity index (χ3v) is 5.40. The van der Waals surface area contributed by atoms with Crippen molar-refractivity contribution in [3.63, 3.8) is 0 Å². The van der Waals surface area contributed by atoms with Crippen molar-refractivity contribution in [2.75, 3.05) is 26.1 Å². The van der Waals surface area contributed by atoms with Crippen LogP contribution >= 0.6 is 15.9 Å². The molecule has 10 nitrogen and oxygen atoms in total.